The Kier molecular flexibility index (Phi) is 4.84. The summed E-state index contributed by atoms with van der Waals surface area (Å²) in [5, 5.41) is 23.7. The monoisotopic (exact) mass is 262 g/mol. The van der Waals surface area contributed by atoms with Crippen molar-refractivity contribution in [1.29, 1.82) is 0 Å². The van der Waals surface area contributed by atoms with Gasteiger partial charge in [-0.2, -0.15) is 10.2 Å². The summed E-state index contributed by atoms with van der Waals surface area (Å²) < 4.78 is 0. The van der Waals surface area contributed by atoms with Crippen molar-refractivity contribution >= 4 is 24.3 Å². The summed E-state index contributed by atoms with van der Waals surface area (Å²) in [7, 11) is 0. The Balaban J connectivity index is 2.94. The van der Waals surface area contributed by atoms with E-state index in [1.54, 1.807) is 12.1 Å². The number of benzene rings is 1. The Morgan fingerprint density at radius 3 is 2.11 bits per heavy atom. The predicted octanol–water partition coefficient (Wildman–Crippen LogP) is -1.39. The summed E-state index contributed by atoms with van der Waals surface area (Å²) in [6, 6.07) is 4.69. The van der Waals surface area contributed by atoms with Crippen LogP contribution in [0.3, 0.4) is 0 Å². The van der Waals surface area contributed by atoms with Gasteiger partial charge in [0.2, 0.25) is 11.9 Å². The molecule has 0 heterocycles. The number of nitrogens with zero attached hydrogens (tertiary/aromatic N) is 4. The number of phenolic OH excluding ortho intramolecular Hbond substituents is 1. The van der Waals surface area contributed by atoms with E-state index in [9.17, 15) is 5.11 Å². The van der Waals surface area contributed by atoms with Gasteiger partial charge in [0.05, 0.1) is 12.4 Å². The second kappa shape index (κ2) is 6.59. The van der Waals surface area contributed by atoms with Crippen LogP contribution < -0.4 is 22.9 Å². The van der Waals surface area contributed by atoms with Gasteiger partial charge < -0.3 is 28.0 Å². The van der Waals surface area contributed by atoms with Crippen LogP contribution in [0.15, 0.2) is 38.6 Å². The number of rotatable bonds is 4. The fourth-order valence-corrected chi connectivity index (χ4v) is 1.08. The Bertz CT molecular complexity index is 553. The van der Waals surface area contributed by atoms with Crippen LogP contribution in [0.4, 0.5) is 0 Å². The smallest absolute Gasteiger partial charge is 0.211 e. The maximum absolute atomic E-state index is 9.60. The van der Waals surface area contributed by atoms with Gasteiger partial charge in [0, 0.05) is 5.56 Å². The summed E-state index contributed by atoms with van der Waals surface area (Å²) in [6.45, 7) is 0. The third-order valence-electron chi connectivity index (χ3n) is 1.80. The summed E-state index contributed by atoms with van der Waals surface area (Å²) >= 11 is 0. The molecule has 0 fully saturated rings. The zero-order chi connectivity index (χ0) is 14.3. The Labute approximate surface area is 109 Å². The SMILES string of the molecule is NC(N)=NN=Cc1ccc(O)c(C=NN=C(N)N)c1. The highest BCUT2D eigenvalue weighted by Crippen LogP contribution is 2.15. The number of nitrogens with two attached hydrogens (primary N) is 4. The molecule has 19 heavy (non-hydrogen) atoms. The summed E-state index contributed by atoms with van der Waals surface area (Å²) in [4.78, 5) is 0. The van der Waals surface area contributed by atoms with Crippen molar-refractivity contribution in [3.8, 4) is 5.75 Å². The van der Waals surface area contributed by atoms with Crippen LogP contribution in [0.25, 0.3) is 0 Å². The minimum atomic E-state index is -0.179. The highest BCUT2D eigenvalue weighted by Gasteiger charge is 1.99. The van der Waals surface area contributed by atoms with Crippen molar-refractivity contribution in [1.82, 2.24) is 0 Å². The average Bonchev–Trinajstić information content (AvgIpc) is 2.32. The van der Waals surface area contributed by atoms with E-state index in [0.717, 1.165) is 0 Å². The molecule has 0 amide bonds. The van der Waals surface area contributed by atoms with E-state index in [2.05, 4.69) is 20.4 Å². The molecule has 0 bridgehead atoms. The third-order valence-corrected chi connectivity index (χ3v) is 1.80. The van der Waals surface area contributed by atoms with Gasteiger partial charge >= 0.3 is 0 Å². The number of aromatic hydroxyl groups is 1. The molecule has 0 aromatic heterocycles. The molecule has 0 spiro atoms. The van der Waals surface area contributed by atoms with Gasteiger partial charge in [0.1, 0.15) is 5.75 Å². The molecule has 9 heteroatoms. The lowest BCUT2D eigenvalue weighted by molar-refractivity contribution is 0.474. The van der Waals surface area contributed by atoms with Crippen LogP contribution >= 0.6 is 0 Å². The minimum absolute atomic E-state index is 0.0218. The van der Waals surface area contributed by atoms with Crippen molar-refractivity contribution in [2.75, 3.05) is 0 Å². The molecule has 0 aliphatic heterocycles. The highest BCUT2D eigenvalue weighted by molar-refractivity contribution is 5.89. The Morgan fingerprint density at radius 2 is 1.53 bits per heavy atom. The van der Waals surface area contributed by atoms with E-state index in [-0.39, 0.29) is 17.7 Å². The lowest BCUT2D eigenvalue weighted by atomic mass is 10.1. The number of hydrogen-bond acceptors (Lipinski definition) is 5. The van der Waals surface area contributed by atoms with Crippen LogP contribution in [0.5, 0.6) is 5.75 Å². The second-order valence-electron chi connectivity index (χ2n) is 3.36. The van der Waals surface area contributed by atoms with Crippen LogP contribution in [-0.4, -0.2) is 29.5 Å². The maximum atomic E-state index is 9.60. The quantitative estimate of drug-likeness (QED) is 0.254. The molecule has 0 aliphatic carbocycles. The molecule has 1 rings (SSSR count). The summed E-state index contributed by atoms with van der Waals surface area (Å²) in [6.07, 6.45) is 2.71. The van der Waals surface area contributed by atoms with Gasteiger partial charge in [-0.15, -0.1) is 10.2 Å². The lowest BCUT2D eigenvalue weighted by Crippen LogP contribution is -2.21. The molecule has 0 aliphatic rings. The molecule has 0 unspecified atom stereocenters. The lowest BCUT2D eigenvalue weighted by Gasteiger charge is -1.99. The molecule has 0 radical (unpaired) electrons. The molecule has 0 saturated carbocycles. The van der Waals surface area contributed by atoms with E-state index in [1.807, 2.05) is 0 Å². The molecule has 0 saturated heterocycles. The Morgan fingerprint density at radius 1 is 0.947 bits per heavy atom. The van der Waals surface area contributed by atoms with Crippen molar-refractivity contribution in [2.24, 2.45) is 43.3 Å². The van der Waals surface area contributed by atoms with E-state index in [1.165, 1.54) is 18.5 Å². The van der Waals surface area contributed by atoms with E-state index < -0.39 is 0 Å². The highest BCUT2D eigenvalue weighted by atomic mass is 16.3. The topological polar surface area (TPSA) is 174 Å². The molecule has 9 nitrogen and oxygen atoms in total. The van der Waals surface area contributed by atoms with Crippen molar-refractivity contribution in [2.45, 2.75) is 0 Å². The fraction of sp³-hybridized carbons (Fsp3) is 0. The molecular formula is C10H14N8O. The molecule has 100 valence electrons. The van der Waals surface area contributed by atoms with Crippen LogP contribution in [0.2, 0.25) is 0 Å². The third kappa shape index (κ3) is 5.17. The summed E-state index contributed by atoms with van der Waals surface area (Å²) in [5.74, 6) is -0.306. The van der Waals surface area contributed by atoms with Crippen molar-refractivity contribution in [3.05, 3.63) is 29.3 Å². The van der Waals surface area contributed by atoms with Gasteiger partial charge in [-0.05, 0) is 23.8 Å². The normalized spacial score (nSPS) is 10.7. The van der Waals surface area contributed by atoms with Crippen LogP contribution in [0.1, 0.15) is 11.1 Å². The average molecular weight is 262 g/mol. The first kappa shape index (κ1) is 14.0. The number of phenols is 1. The molecule has 1 aromatic carbocycles. The fourth-order valence-electron chi connectivity index (χ4n) is 1.08. The summed E-state index contributed by atoms with van der Waals surface area (Å²) in [5.41, 5.74) is 21.5. The van der Waals surface area contributed by atoms with Gasteiger partial charge in [-0.3, -0.25) is 0 Å². The van der Waals surface area contributed by atoms with E-state index in [4.69, 9.17) is 22.9 Å². The minimum Gasteiger partial charge on any atom is -0.507 e. The van der Waals surface area contributed by atoms with Gasteiger partial charge in [-0.25, -0.2) is 0 Å². The first-order chi connectivity index (χ1) is 8.99. The zero-order valence-corrected chi connectivity index (χ0v) is 9.93. The number of hydrogen-bond donors (Lipinski definition) is 5. The first-order valence-electron chi connectivity index (χ1n) is 5.06. The standard InChI is InChI=1S/C10H14N8O/c11-9(12)17-15-4-6-1-2-8(19)7(3-6)5-16-18-10(13)14/h1-5,19H,(H4,11,12,17)(H4,13,14,18). The Hall–Kier alpha value is -3.10. The van der Waals surface area contributed by atoms with Gasteiger partial charge in [-0.1, -0.05) is 0 Å². The predicted molar refractivity (Wildman–Crippen MR) is 74.9 cm³/mol. The zero-order valence-electron chi connectivity index (χ0n) is 9.93. The maximum Gasteiger partial charge on any atom is 0.211 e. The van der Waals surface area contributed by atoms with Gasteiger partial charge in [0.25, 0.3) is 0 Å². The van der Waals surface area contributed by atoms with E-state index >= 15 is 0 Å². The van der Waals surface area contributed by atoms with Crippen molar-refractivity contribution < 1.29 is 5.11 Å². The molecule has 1 aromatic rings. The molecule has 0 atom stereocenters. The first-order valence-corrected chi connectivity index (χ1v) is 5.06. The molecular weight excluding hydrogens is 248 g/mol. The van der Waals surface area contributed by atoms with E-state index in [0.29, 0.717) is 11.1 Å². The van der Waals surface area contributed by atoms with Gasteiger partial charge in [0.15, 0.2) is 0 Å². The van der Waals surface area contributed by atoms with Crippen LogP contribution in [-0.2, 0) is 0 Å². The largest absolute Gasteiger partial charge is 0.507 e. The molecule has 9 N–H and O–H groups in total. The van der Waals surface area contributed by atoms with Crippen LogP contribution in [0, 0.1) is 0 Å². The second-order valence-corrected chi connectivity index (χ2v) is 3.36. The number of guanidine groups is 2. The van der Waals surface area contributed by atoms with Crippen molar-refractivity contribution in [3.63, 3.8) is 0 Å².